The highest BCUT2D eigenvalue weighted by atomic mass is 19.1. The number of ether oxygens (including phenoxy) is 1. The lowest BCUT2D eigenvalue weighted by Gasteiger charge is -2.08. The number of aromatic nitrogens is 2. The zero-order valence-corrected chi connectivity index (χ0v) is 10.2. The van der Waals surface area contributed by atoms with Crippen molar-refractivity contribution in [2.75, 3.05) is 30.8 Å². The molecule has 96 valence electrons. The van der Waals surface area contributed by atoms with Crippen molar-refractivity contribution in [2.24, 2.45) is 5.92 Å². The Bertz CT molecular complexity index is 346. The largest absolute Gasteiger partial charge is 0.381 e. The predicted octanol–water partition coefficient (Wildman–Crippen LogP) is 1.67. The maximum atomic E-state index is 13.2. The van der Waals surface area contributed by atoms with Crippen molar-refractivity contribution >= 4 is 11.8 Å². The van der Waals surface area contributed by atoms with Gasteiger partial charge in [0.15, 0.2) is 11.6 Å². The summed E-state index contributed by atoms with van der Waals surface area (Å²) in [6, 6.07) is 0. The molecule has 0 bridgehead atoms. The molecule has 0 spiro atoms. The van der Waals surface area contributed by atoms with Crippen LogP contribution in [0.4, 0.5) is 16.2 Å². The van der Waals surface area contributed by atoms with Crippen molar-refractivity contribution in [3.05, 3.63) is 12.0 Å². The van der Waals surface area contributed by atoms with E-state index >= 15 is 0 Å². The van der Waals surface area contributed by atoms with E-state index in [9.17, 15) is 4.39 Å². The fourth-order valence-electron chi connectivity index (χ4n) is 1.20. The molecule has 5 nitrogen and oxygen atoms in total. The van der Waals surface area contributed by atoms with Gasteiger partial charge >= 0.3 is 0 Å². The Morgan fingerprint density at radius 3 is 3.00 bits per heavy atom. The highest BCUT2D eigenvalue weighted by molar-refractivity contribution is 5.38. The minimum Gasteiger partial charge on any atom is -0.381 e. The molecular formula is C11H19FN4O. The van der Waals surface area contributed by atoms with E-state index in [1.807, 2.05) is 0 Å². The van der Waals surface area contributed by atoms with E-state index in [0.29, 0.717) is 19.1 Å². The van der Waals surface area contributed by atoms with E-state index in [1.54, 1.807) is 0 Å². The van der Waals surface area contributed by atoms with E-state index in [-0.39, 0.29) is 11.8 Å². The van der Waals surface area contributed by atoms with Gasteiger partial charge in [0.2, 0.25) is 5.95 Å². The molecule has 0 saturated heterocycles. The van der Waals surface area contributed by atoms with Gasteiger partial charge in [0.1, 0.15) is 0 Å². The Hall–Kier alpha value is -1.43. The molecule has 0 aromatic carbocycles. The van der Waals surface area contributed by atoms with Crippen LogP contribution in [-0.4, -0.2) is 29.7 Å². The number of rotatable bonds is 7. The SMILES string of the molecule is CC(C)COCCCNc1nc(N)ncc1F. The number of hydrogen-bond acceptors (Lipinski definition) is 5. The minimum atomic E-state index is -0.498. The highest BCUT2D eigenvalue weighted by Crippen LogP contribution is 2.09. The zero-order valence-electron chi connectivity index (χ0n) is 10.2. The fraction of sp³-hybridized carbons (Fsp3) is 0.636. The molecule has 0 aliphatic rings. The molecule has 0 unspecified atom stereocenters. The zero-order chi connectivity index (χ0) is 12.7. The summed E-state index contributed by atoms with van der Waals surface area (Å²) >= 11 is 0. The van der Waals surface area contributed by atoms with E-state index in [4.69, 9.17) is 10.5 Å². The molecule has 0 saturated carbocycles. The normalized spacial score (nSPS) is 10.8. The van der Waals surface area contributed by atoms with Crippen LogP contribution in [0.15, 0.2) is 6.20 Å². The molecule has 0 aliphatic carbocycles. The maximum Gasteiger partial charge on any atom is 0.222 e. The summed E-state index contributed by atoms with van der Waals surface area (Å²) in [6.45, 7) is 6.17. The molecule has 17 heavy (non-hydrogen) atoms. The van der Waals surface area contributed by atoms with Crippen molar-refractivity contribution in [1.29, 1.82) is 0 Å². The van der Waals surface area contributed by atoms with Crippen molar-refractivity contribution in [1.82, 2.24) is 9.97 Å². The van der Waals surface area contributed by atoms with Crippen LogP contribution < -0.4 is 11.1 Å². The quantitative estimate of drug-likeness (QED) is 0.711. The number of halogens is 1. The van der Waals surface area contributed by atoms with Crippen molar-refractivity contribution in [3.63, 3.8) is 0 Å². The molecule has 1 heterocycles. The van der Waals surface area contributed by atoms with E-state index in [1.165, 1.54) is 0 Å². The summed E-state index contributed by atoms with van der Waals surface area (Å²) in [5.74, 6) is 0.232. The third-order valence-electron chi connectivity index (χ3n) is 1.97. The summed E-state index contributed by atoms with van der Waals surface area (Å²) in [5.41, 5.74) is 5.36. The van der Waals surface area contributed by atoms with Crippen LogP contribution in [0.25, 0.3) is 0 Å². The van der Waals surface area contributed by atoms with Gasteiger partial charge in [-0.2, -0.15) is 4.98 Å². The van der Waals surface area contributed by atoms with Crippen molar-refractivity contribution in [3.8, 4) is 0 Å². The van der Waals surface area contributed by atoms with Crippen LogP contribution in [-0.2, 0) is 4.74 Å². The molecule has 0 aliphatic heterocycles. The maximum absolute atomic E-state index is 13.2. The topological polar surface area (TPSA) is 73.1 Å². The van der Waals surface area contributed by atoms with Crippen LogP contribution in [0.2, 0.25) is 0 Å². The first kappa shape index (κ1) is 13.6. The van der Waals surface area contributed by atoms with Crippen LogP contribution in [0.3, 0.4) is 0 Å². The number of nitrogen functional groups attached to an aromatic ring is 1. The van der Waals surface area contributed by atoms with E-state index < -0.39 is 5.82 Å². The number of nitrogens with two attached hydrogens (primary N) is 1. The molecule has 1 aromatic rings. The van der Waals surface area contributed by atoms with Crippen molar-refractivity contribution in [2.45, 2.75) is 20.3 Å². The minimum absolute atomic E-state index is 0.0601. The van der Waals surface area contributed by atoms with Gasteiger partial charge in [-0.1, -0.05) is 13.8 Å². The first-order chi connectivity index (χ1) is 8.09. The third kappa shape index (κ3) is 5.44. The standard InChI is InChI=1S/C11H19FN4O/c1-8(2)7-17-5-3-4-14-10-9(12)6-15-11(13)16-10/h6,8H,3-5,7H2,1-2H3,(H3,13,14,15,16). The molecular weight excluding hydrogens is 223 g/mol. The average Bonchev–Trinajstić information content (AvgIpc) is 2.27. The second kappa shape index (κ2) is 7.01. The Morgan fingerprint density at radius 2 is 2.29 bits per heavy atom. The second-order valence-corrected chi connectivity index (χ2v) is 4.17. The van der Waals surface area contributed by atoms with Crippen molar-refractivity contribution < 1.29 is 9.13 Å². The average molecular weight is 242 g/mol. The van der Waals surface area contributed by atoms with Gasteiger partial charge in [0, 0.05) is 19.8 Å². The van der Waals surface area contributed by atoms with E-state index in [0.717, 1.165) is 19.2 Å². The predicted molar refractivity (Wildman–Crippen MR) is 65.2 cm³/mol. The Balaban J connectivity index is 2.20. The van der Waals surface area contributed by atoms with Gasteiger partial charge in [-0.3, -0.25) is 0 Å². The lowest BCUT2D eigenvalue weighted by Crippen LogP contribution is -2.11. The summed E-state index contributed by atoms with van der Waals surface area (Å²) in [4.78, 5) is 7.30. The first-order valence-electron chi connectivity index (χ1n) is 5.69. The molecule has 0 radical (unpaired) electrons. The van der Waals surface area contributed by atoms with Crippen LogP contribution in [0.5, 0.6) is 0 Å². The number of nitrogens with zero attached hydrogens (tertiary/aromatic N) is 2. The second-order valence-electron chi connectivity index (χ2n) is 4.17. The highest BCUT2D eigenvalue weighted by Gasteiger charge is 2.04. The van der Waals surface area contributed by atoms with Crippen LogP contribution in [0.1, 0.15) is 20.3 Å². The third-order valence-corrected chi connectivity index (χ3v) is 1.97. The van der Waals surface area contributed by atoms with Crippen LogP contribution in [0, 0.1) is 11.7 Å². The van der Waals surface area contributed by atoms with E-state index in [2.05, 4.69) is 29.1 Å². The molecule has 0 fully saturated rings. The summed E-state index contributed by atoms with van der Waals surface area (Å²) in [5, 5.41) is 2.86. The molecule has 0 amide bonds. The lowest BCUT2D eigenvalue weighted by molar-refractivity contribution is 0.110. The molecule has 3 N–H and O–H groups in total. The first-order valence-corrected chi connectivity index (χ1v) is 5.69. The van der Waals surface area contributed by atoms with Crippen LogP contribution >= 0.6 is 0 Å². The van der Waals surface area contributed by atoms with Gasteiger partial charge in [0.05, 0.1) is 6.20 Å². The van der Waals surface area contributed by atoms with Gasteiger partial charge < -0.3 is 15.8 Å². The molecule has 0 atom stereocenters. The molecule has 1 rings (SSSR count). The van der Waals surface area contributed by atoms with Gasteiger partial charge in [-0.25, -0.2) is 9.37 Å². The number of nitrogens with one attached hydrogen (secondary N) is 1. The van der Waals surface area contributed by atoms with Gasteiger partial charge in [0.25, 0.3) is 0 Å². The Kier molecular flexibility index (Phi) is 5.62. The number of anilines is 2. The van der Waals surface area contributed by atoms with Gasteiger partial charge in [-0.05, 0) is 12.3 Å². The Labute approximate surface area is 101 Å². The summed E-state index contributed by atoms with van der Waals surface area (Å²) < 4.78 is 18.6. The Morgan fingerprint density at radius 1 is 1.53 bits per heavy atom. The molecule has 1 aromatic heterocycles. The molecule has 6 heteroatoms. The summed E-state index contributed by atoms with van der Waals surface area (Å²) in [6.07, 6.45) is 1.84. The number of hydrogen-bond donors (Lipinski definition) is 2. The fourth-order valence-corrected chi connectivity index (χ4v) is 1.20. The summed E-state index contributed by atoms with van der Waals surface area (Å²) in [7, 11) is 0. The lowest BCUT2D eigenvalue weighted by atomic mass is 10.2. The smallest absolute Gasteiger partial charge is 0.222 e. The van der Waals surface area contributed by atoms with Gasteiger partial charge in [-0.15, -0.1) is 0 Å². The monoisotopic (exact) mass is 242 g/mol.